The molecule has 0 saturated carbocycles. The number of urea groups is 1. The first-order valence-corrected chi connectivity index (χ1v) is 8.65. The average molecular weight is 368 g/mol. The fourth-order valence-electron chi connectivity index (χ4n) is 3.56. The van der Waals surface area contributed by atoms with E-state index < -0.39 is 23.8 Å². The van der Waals surface area contributed by atoms with Crippen molar-refractivity contribution in [2.75, 3.05) is 11.4 Å². The number of imide groups is 1. The van der Waals surface area contributed by atoms with Gasteiger partial charge in [0.1, 0.15) is 11.9 Å². The third-order valence-corrected chi connectivity index (χ3v) is 4.89. The summed E-state index contributed by atoms with van der Waals surface area (Å²) in [6, 6.07) is 7.30. The van der Waals surface area contributed by atoms with Crippen LogP contribution >= 0.6 is 0 Å². The van der Waals surface area contributed by atoms with Crippen LogP contribution in [0.4, 0.5) is 14.9 Å². The van der Waals surface area contributed by atoms with Gasteiger partial charge in [-0.1, -0.05) is 6.07 Å². The van der Waals surface area contributed by atoms with E-state index in [0.29, 0.717) is 24.9 Å². The molecular weight excluding hydrogens is 351 g/mol. The van der Waals surface area contributed by atoms with Gasteiger partial charge < -0.3 is 10.2 Å². The van der Waals surface area contributed by atoms with Crippen LogP contribution < -0.4 is 10.2 Å². The lowest BCUT2D eigenvalue weighted by Gasteiger charge is -2.32. The van der Waals surface area contributed by atoms with E-state index in [2.05, 4.69) is 10.3 Å². The van der Waals surface area contributed by atoms with Gasteiger partial charge in [-0.15, -0.1) is 0 Å². The lowest BCUT2D eigenvalue weighted by Crippen LogP contribution is -2.49. The van der Waals surface area contributed by atoms with Gasteiger partial charge in [0.2, 0.25) is 0 Å². The van der Waals surface area contributed by atoms with Gasteiger partial charge in [-0.05, 0) is 43.2 Å². The molecule has 2 atom stereocenters. The molecule has 1 aromatic heterocycles. The Bertz CT molecular complexity index is 905. The van der Waals surface area contributed by atoms with Crippen molar-refractivity contribution in [1.82, 2.24) is 15.2 Å². The van der Waals surface area contributed by atoms with E-state index in [1.165, 1.54) is 35.5 Å². The maximum atomic E-state index is 13.5. The molecule has 2 aliphatic rings. The van der Waals surface area contributed by atoms with Crippen LogP contribution in [0, 0.1) is 5.82 Å². The van der Waals surface area contributed by atoms with E-state index in [9.17, 15) is 18.8 Å². The van der Waals surface area contributed by atoms with E-state index >= 15 is 0 Å². The number of nitrogens with zero attached hydrogens (tertiary/aromatic N) is 3. The standard InChI is InChI=1S/C19H17FN4O3/c20-13-2-1-3-15(10-13)24-18(26)16-11-14(6-9-23(16)19(24)27)22-17(25)12-4-7-21-8-5-12/h1-5,7-8,10,14,16H,6,9,11H2,(H,22,25). The minimum absolute atomic E-state index is 0.219. The summed E-state index contributed by atoms with van der Waals surface area (Å²) in [5, 5.41) is 2.91. The van der Waals surface area contributed by atoms with Crippen molar-refractivity contribution in [3.63, 3.8) is 0 Å². The monoisotopic (exact) mass is 368 g/mol. The summed E-state index contributed by atoms with van der Waals surface area (Å²) in [7, 11) is 0. The molecule has 2 unspecified atom stereocenters. The van der Waals surface area contributed by atoms with Crippen LogP contribution in [0.2, 0.25) is 0 Å². The topological polar surface area (TPSA) is 82.6 Å². The third-order valence-electron chi connectivity index (χ3n) is 4.89. The number of anilines is 1. The molecule has 8 heteroatoms. The number of piperidine rings is 1. The number of aromatic nitrogens is 1. The van der Waals surface area contributed by atoms with Crippen LogP contribution in [0.1, 0.15) is 23.2 Å². The summed E-state index contributed by atoms with van der Waals surface area (Å²) in [6.45, 7) is 0.350. The fraction of sp³-hybridized carbons (Fsp3) is 0.263. The number of halogens is 1. The molecule has 3 heterocycles. The van der Waals surface area contributed by atoms with E-state index in [1.54, 1.807) is 12.1 Å². The molecule has 0 aliphatic carbocycles. The quantitative estimate of drug-likeness (QED) is 0.840. The Balaban J connectivity index is 1.49. The lowest BCUT2D eigenvalue weighted by molar-refractivity contribution is -0.120. The zero-order valence-electron chi connectivity index (χ0n) is 14.3. The summed E-state index contributed by atoms with van der Waals surface area (Å²) in [5.41, 5.74) is 0.708. The molecule has 7 nitrogen and oxygen atoms in total. The van der Waals surface area contributed by atoms with Crippen molar-refractivity contribution in [2.45, 2.75) is 24.9 Å². The highest BCUT2D eigenvalue weighted by Crippen LogP contribution is 2.31. The summed E-state index contributed by atoms with van der Waals surface area (Å²) in [5.74, 6) is -1.15. The van der Waals surface area contributed by atoms with Crippen molar-refractivity contribution in [3.8, 4) is 0 Å². The molecule has 138 valence electrons. The second kappa shape index (κ2) is 6.79. The Morgan fingerprint density at radius 2 is 1.96 bits per heavy atom. The van der Waals surface area contributed by atoms with Gasteiger partial charge in [0.05, 0.1) is 5.69 Å². The van der Waals surface area contributed by atoms with Crippen LogP contribution in [0.15, 0.2) is 48.8 Å². The van der Waals surface area contributed by atoms with Gasteiger partial charge in [-0.2, -0.15) is 0 Å². The van der Waals surface area contributed by atoms with Crippen molar-refractivity contribution in [2.24, 2.45) is 0 Å². The second-order valence-electron chi connectivity index (χ2n) is 6.58. The molecule has 27 heavy (non-hydrogen) atoms. The van der Waals surface area contributed by atoms with Gasteiger partial charge in [0.15, 0.2) is 0 Å². The molecule has 4 amide bonds. The lowest BCUT2D eigenvalue weighted by atomic mass is 9.97. The number of hydrogen-bond donors (Lipinski definition) is 1. The molecule has 2 aromatic rings. The Labute approximate surface area is 154 Å². The second-order valence-corrected chi connectivity index (χ2v) is 6.58. The zero-order chi connectivity index (χ0) is 19.0. The van der Waals surface area contributed by atoms with Crippen LogP contribution in [0.25, 0.3) is 0 Å². The van der Waals surface area contributed by atoms with Crippen molar-refractivity contribution in [1.29, 1.82) is 0 Å². The fourth-order valence-corrected chi connectivity index (χ4v) is 3.56. The Morgan fingerprint density at radius 1 is 1.19 bits per heavy atom. The number of rotatable bonds is 3. The Kier molecular flexibility index (Phi) is 4.31. The number of carbonyl (C=O) groups is 3. The van der Waals surface area contributed by atoms with Gasteiger partial charge in [0, 0.05) is 30.5 Å². The van der Waals surface area contributed by atoms with Crippen LogP contribution in [0.3, 0.4) is 0 Å². The zero-order valence-corrected chi connectivity index (χ0v) is 14.3. The van der Waals surface area contributed by atoms with E-state index in [1.807, 2.05) is 0 Å². The van der Waals surface area contributed by atoms with Crippen LogP contribution in [-0.2, 0) is 4.79 Å². The molecule has 2 fully saturated rings. The predicted octanol–water partition coefficient (Wildman–Crippen LogP) is 1.95. The van der Waals surface area contributed by atoms with Crippen LogP contribution in [0.5, 0.6) is 0 Å². The van der Waals surface area contributed by atoms with Crippen molar-refractivity contribution >= 4 is 23.5 Å². The summed E-state index contributed by atoms with van der Waals surface area (Å²) in [6.07, 6.45) is 3.94. The van der Waals surface area contributed by atoms with Gasteiger partial charge >= 0.3 is 6.03 Å². The van der Waals surface area contributed by atoms with Gasteiger partial charge in [-0.25, -0.2) is 14.1 Å². The molecule has 0 radical (unpaired) electrons. The van der Waals surface area contributed by atoms with Gasteiger partial charge in [0.25, 0.3) is 11.8 Å². The molecule has 2 saturated heterocycles. The summed E-state index contributed by atoms with van der Waals surface area (Å²) in [4.78, 5) is 44.1. The van der Waals surface area contributed by atoms with Crippen LogP contribution in [-0.4, -0.2) is 46.4 Å². The first-order chi connectivity index (χ1) is 13.0. The number of fused-ring (bicyclic) bond motifs is 1. The minimum atomic E-state index is -0.655. The number of benzene rings is 1. The summed E-state index contributed by atoms with van der Waals surface area (Å²) >= 11 is 0. The molecule has 0 bridgehead atoms. The average Bonchev–Trinajstić information content (AvgIpc) is 2.92. The van der Waals surface area contributed by atoms with E-state index in [4.69, 9.17) is 0 Å². The highest BCUT2D eigenvalue weighted by Gasteiger charge is 2.48. The number of carbonyl (C=O) groups excluding carboxylic acids is 3. The smallest absolute Gasteiger partial charge is 0.332 e. The summed E-state index contributed by atoms with van der Waals surface area (Å²) < 4.78 is 13.5. The SMILES string of the molecule is O=C(NC1CCN2C(=O)N(c3cccc(F)c3)C(=O)C2C1)c1ccncc1. The molecule has 0 spiro atoms. The maximum Gasteiger partial charge on any atom is 0.332 e. The third kappa shape index (κ3) is 3.14. The number of pyridine rings is 1. The normalized spacial score (nSPS) is 22.0. The largest absolute Gasteiger partial charge is 0.349 e. The molecular formula is C19H17FN4O3. The Hall–Kier alpha value is -3.29. The maximum absolute atomic E-state index is 13.5. The predicted molar refractivity (Wildman–Crippen MR) is 94.5 cm³/mol. The minimum Gasteiger partial charge on any atom is -0.349 e. The first kappa shape index (κ1) is 17.1. The highest BCUT2D eigenvalue weighted by molar-refractivity contribution is 6.21. The molecule has 4 rings (SSSR count). The molecule has 1 aromatic carbocycles. The van der Waals surface area contributed by atoms with Crippen molar-refractivity contribution in [3.05, 3.63) is 60.2 Å². The van der Waals surface area contributed by atoms with E-state index in [-0.39, 0.29) is 17.6 Å². The number of nitrogens with one attached hydrogen (secondary N) is 1. The molecule has 1 N–H and O–H groups in total. The highest BCUT2D eigenvalue weighted by atomic mass is 19.1. The number of amides is 4. The van der Waals surface area contributed by atoms with Crippen molar-refractivity contribution < 1.29 is 18.8 Å². The first-order valence-electron chi connectivity index (χ1n) is 8.65. The van der Waals surface area contributed by atoms with Gasteiger partial charge in [-0.3, -0.25) is 14.6 Å². The molecule has 2 aliphatic heterocycles. The Morgan fingerprint density at radius 3 is 2.70 bits per heavy atom. The van der Waals surface area contributed by atoms with E-state index in [0.717, 1.165) is 11.0 Å². The number of hydrogen-bond acceptors (Lipinski definition) is 4.